The molecule has 1 amide bonds. The number of hydrogen-bond donors (Lipinski definition) is 2. The van der Waals surface area contributed by atoms with E-state index >= 15 is 0 Å². The molecule has 2 N–H and O–H groups in total. The molecule has 0 saturated carbocycles. The van der Waals surface area contributed by atoms with Crippen LogP contribution < -0.4 is 4.74 Å². The fraction of sp³-hybridized carbons (Fsp3) is 0.125. The largest absolute Gasteiger partial charge is 0.507 e. The fourth-order valence-electron chi connectivity index (χ4n) is 3.06. The number of phenolic OH excluding ortho intramolecular Hbond substituents is 2. The molecular weight excluding hydrogens is 442 g/mol. The first kappa shape index (κ1) is 22.2. The van der Waals surface area contributed by atoms with Crippen LogP contribution in [0.1, 0.15) is 23.8 Å². The molecule has 0 spiro atoms. The standard InChI is InChI=1S/C24H21N3O5S/c1-2-31-21-12-16(9-10-20(21)29)14-25-26-24-27(15-18-7-5-11-32-18)23(30)22(33-24)13-17-6-3-4-8-19(17)28/h3-14,28-29H,2,15H2,1H3/b22-13-,25-14+,26-24-. The van der Waals surface area contributed by atoms with Gasteiger partial charge in [0.25, 0.3) is 5.91 Å². The van der Waals surface area contributed by atoms with Crippen molar-refractivity contribution in [2.24, 2.45) is 10.2 Å². The summed E-state index contributed by atoms with van der Waals surface area (Å²) in [6.45, 7) is 2.44. The minimum atomic E-state index is -0.267. The second-order valence-electron chi connectivity index (χ2n) is 6.93. The summed E-state index contributed by atoms with van der Waals surface area (Å²) in [6.07, 6.45) is 4.67. The molecule has 2 heterocycles. The lowest BCUT2D eigenvalue weighted by Crippen LogP contribution is -2.28. The summed E-state index contributed by atoms with van der Waals surface area (Å²) in [4.78, 5) is 15.0. The predicted octanol–water partition coefficient (Wildman–Crippen LogP) is 4.60. The van der Waals surface area contributed by atoms with Gasteiger partial charge in [-0.1, -0.05) is 18.2 Å². The Hall–Kier alpha value is -3.98. The number of rotatable bonds is 7. The average Bonchev–Trinajstić information content (AvgIpc) is 3.42. The molecule has 0 atom stereocenters. The third-order valence-electron chi connectivity index (χ3n) is 4.64. The Morgan fingerprint density at radius 3 is 2.73 bits per heavy atom. The number of para-hydroxylation sites is 1. The van der Waals surface area contributed by atoms with E-state index in [1.54, 1.807) is 54.6 Å². The smallest absolute Gasteiger partial charge is 0.267 e. The normalized spacial score (nSPS) is 16.4. The van der Waals surface area contributed by atoms with Crippen LogP contribution in [-0.2, 0) is 11.3 Å². The fourth-order valence-corrected chi connectivity index (χ4v) is 3.98. The zero-order valence-corrected chi connectivity index (χ0v) is 18.5. The van der Waals surface area contributed by atoms with E-state index in [9.17, 15) is 15.0 Å². The molecule has 1 aliphatic heterocycles. The summed E-state index contributed by atoms with van der Waals surface area (Å²) in [6, 6.07) is 15.1. The highest BCUT2D eigenvalue weighted by atomic mass is 32.2. The second-order valence-corrected chi connectivity index (χ2v) is 7.94. The van der Waals surface area contributed by atoms with Gasteiger partial charge in [0, 0.05) is 5.56 Å². The lowest BCUT2D eigenvalue weighted by molar-refractivity contribution is -0.122. The SMILES string of the molecule is CCOc1cc(/C=N/N=C2\S/C(=C\c3ccccc3O)C(=O)N2Cc2ccco2)ccc1O. The van der Waals surface area contributed by atoms with E-state index in [1.807, 2.05) is 6.92 Å². The first-order valence-electron chi connectivity index (χ1n) is 10.1. The van der Waals surface area contributed by atoms with Gasteiger partial charge in [-0.3, -0.25) is 9.69 Å². The van der Waals surface area contributed by atoms with Crippen LogP contribution in [0.15, 0.2) is 80.4 Å². The van der Waals surface area contributed by atoms with Crippen LogP contribution in [0.4, 0.5) is 0 Å². The summed E-state index contributed by atoms with van der Waals surface area (Å²) >= 11 is 1.16. The van der Waals surface area contributed by atoms with Gasteiger partial charge in [-0.15, -0.1) is 5.10 Å². The summed E-state index contributed by atoms with van der Waals surface area (Å²) < 4.78 is 10.8. The molecule has 8 nitrogen and oxygen atoms in total. The minimum Gasteiger partial charge on any atom is -0.507 e. The van der Waals surface area contributed by atoms with Gasteiger partial charge >= 0.3 is 0 Å². The third kappa shape index (κ3) is 5.27. The number of phenols is 2. The van der Waals surface area contributed by atoms with Crippen molar-refractivity contribution in [2.75, 3.05) is 6.61 Å². The van der Waals surface area contributed by atoms with Gasteiger partial charge in [-0.25, -0.2) is 0 Å². The van der Waals surface area contributed by atoms with E-state index in [1.165, 1.54) is 23.4 Å². The topological polar surface area (TPSA) is 108 Å². The van der Waals surface area contributed by atoms with Crippen molar-refractivity contribution < 1.29 is 24.2 Å². The average molecular weight is 464 g/mol. The van der Waals surface area contributed by atoms with Gasteiger partial charge in [0.1, 0.15) is 11.5 Å². The van der Waals surface area contributed by atoms with E-state index in [4.69, 9.17) is 9.15 Å². The van der Waals surface area contributed by atoms with Crippen molar-refractivity contribution in [1.82, 2.24) is 4.90 Å². The molecule has 1 fully saturated rings. The summed E-state index contributed by atoms with van der Waals surface area (Å²) in [5.41, 5.74) is 1.21. The van der Waals surface area contributed by atoms with Gasteiger partial charge < -0.3 is 19.4 Å². The van der Waals surface area contributed by atoms with Crippen molar-refractivity contribution in [3.63, 3.8) is 0 Å². The molecule has 1 aromatic heterocycles. The van der Waals surface area contributed by atoms with Crippen molar-refractivity contribution in [3.05, 3.63) is 82.7 Å². The van der Waals surface area contributed by atoms with E-state index in [0.717, 1.165) is 11.8 Å². The number of carbonyl (C=O) groups is 1. The number of carbonyl (C=O) groups excluding carboxylic acids is 1. The van der Waals surface area contributed by atoms with Crippen molar-refractivity contribution in [1.29, 1.82) is 0 Å². The predicted molar refractivity (Wildman–Crippen MR) is 127 cm³/mol. The second kappa shape index (κ2) is 10.1. The van der Waals surface area contributed by atoms with Gasteiger partial charge in [0.15, 0.2) is 16.7 Å². The Morgan fingerprint density at radius 2 is 1.97 bits per heavy atom. The number of nitrogens with zero attached hydrogens (tertiary/aromatic N) is 3. The van der Waals surface area contributed by atoms with E-state index in [0.29, 0.717) is 39.3 Å². The maximum atomic E-state index is 13.1. The number of benzene rings is 2. The number of hydrogen-bond acceptors (Lipinski definition) is 8. The zero-order valence-electron chi connectivity index (χ0n) is 17.7. The van der Waals surface area contributed by atoms with Crippen LogP contribution in [0, 0.1) is 0 Å². The Kier molecular flexibility index (Phi) is 6.80. The number of amides is 1. The molecule has 1 aliphatic rings. The minimum absolute atomic E-state index is 0.0424. The molecule has 0 unspecified atom stereocenters. The van der Waals surface area contributed by atoms with Crippen molar-refractivity contribution >= 4 is 35.1 Å². The first-order chi connectivity index (χ1) is 16.0. The number of ether oxygens (including phenoxy) is 1. The Morgan fingerprint density at radius 1 is 1.12 bits per heavy atom. The third-order valence-corrected chi connectivity index (χ3v) is 5.64. The number of amidine groups is 1. The van der Waals surface area contributed by atoms with E-state index in [-0.39, 0.29) is 24.0 Å². The monoisotopic (exact) mass is 463 g/mol. The van der Waals surface area contributed by atoms with Crippen LogP contribution in [0.2, 0.25) is 0 Å². The summed E-state index contributed by atoms with van der Waals surface area (Å²) in [5.74, 6) is 0.811. The van der Waals surface area contributed by atoms with Gasteiger partial charge in [0.05, 0.1) is 30.5 Å². The highest BCUT2D eigenvalue weighted by Crippen LogP contribution is 2.35. The Labute approximate surface area is 194 Å². The summed E-state index contributed by atoms with van der Waals surface area (Å²) in [7, 11) is 0. The van der Waals surface area contributed by atoms with Gasteiger partial charge in [0.2, 0.25) is 0 Å². The number of thioether (sulfide) groups is 1. The number of aromatic hydroxyl groups is 2. The molecule has 33 heavy (non-hydrogen) atoms. The summed E-state index contributed by atoms with van der Waals surface area (Å²) in [5, 5.41) is 28.7. The Bertz CT molecular complexity index is 1230. The van der Waals surface area contributed by atoms with Crippen LogP contribution in [0.5, 0.6) is 17.2 Å². The quantitative estimate of drug-likeness (QED) is 0.301. The molecule has 9 heteroatoms. The first-order valence-corrected chi connectivity index (χ1v) is 11.0. The molecule has 2 aromatic carbocycles. The Balaban J connectivity index is 1.62. The molecular formula is C24H21N3O5S. The maximum absolute atomic E-state index is 13.1. The molecule has 3 aromatic rings. The molecule has 168 valence electrons. The van der Waals surface area contributed by atoms with Crippen LogP contribution in [0.3, 0.4) is 0 Å². The van der Waals surface area contributed by atoms with Crippen molar-refractivity contribution in [2.45, 2.75) is 13.5 Å². The molecule has 0 aliphatic carbocycles. The highest BCUT2D eigenvalue weighted by molar-refractivity contribution is 8.18. The van der Waals surface area contributed by atoms with Crippen LogP contribution in [-0.4, -0.2) is 39.0 Å². The van der Waals surface area contributed by atoms with Gasteiger partial charge in [-0.2, -0.15) is 5.10 Å². The van der Waals surface area contributed by atoms with Crippen LogP contribution in [0.25, 0.3) is 6.08 Å². The number of furan rings is 1. The zero-order chi connectivity index (χ0) is 23.2. The van der Waals surface area contributed by atoms with Crippen molar-refractivity contribution in [3.8, 4) is 17.2 Å². The maximum Gasteiger partial charge on any atom is 0.267 e. The molecule has 1 saturated heterocycles. The molecule has 0 radical (unpaired) electrons. The lowest BCUT2D eigenvalue weighted by atomic mass is 10.2. The van der Waals surface area contributed by atoms with Gasteiger partial charge in [-0.05, 0) is 66.7 Å². The molecule has 4 rings (SSSR count). The van der Waals surface area contributed by atoms with Crippen LogP contribution >= 0.6 is 11.8 Å². The van der Waals surface area contributed by atoms with E-state index < -0.39 is 0 Å². The highest BCUT2D eigenvalue weighted by Gasteiger charge is 2.34. The van der Waals surface area contributed by atoms with E-state index in [2.05, 4.69) is 10.2 Å². The molecule has 0 bridgehead atoms. The lowest BCUT2D eigenvalue weighted by Gasteiger charge is -2.12.